The number of aliphatic hydroxyl groups is 3. The van der Waals surface area contributed by atoms with Crippen LogP contribution in [0.15, 0.2) is 30.3 Å². The van der Waals surface area contributed by atoms with Gasteiger partial charge in [-0.25, -0.2) is 4.79 Å². The number of hydrogen-bond acceptors (Lipinski definition) is 10. The molecule has 41 heavy (non-hydrogen) atoms. The SMILES string of the molecule is COC[C@@]12CCC(OC)C34C(C(C(OC)[C@@H]31)[C@]1(O)[C@H]3[C@@H](OC(=O)c5ccccc5)[C@@](O)(C[C@@H]34)[C@@H](OC)[C@@H]1O)N(C)C2. The first-order valence-corrected chi connectivity index (χ1v) is 14.8. The van der Waals surface area contributed by atoms with E-state index in [1.165, 1.54) is 7.11 Å². The summed E-state index contributed by atoms with van der Waals surface area (Å²) >= 11 is 0. The summed E-state index contributed by atoms with van der Waals surface area (Å²) in [7, 11) is 8.65. The number of esters is 1. The maximum atomic E-state index is 13.5. The first-order chi connectivity index (χ1) is 19.6. The van der Waals surface area contributed by atoms with Crippen molar-refractivity contribution in [1.82, 2.24) is 4.90 Å². The molecule has 10 heteroatoms. The van der Waals surface area contributed by atoms with E-state index < -0.39 is 58.8 Å². The molecular weight excluding hydrogens is 530 g/mol. The molecule has 5 unspecified atom stereocenters. The van der Waals surface area contributed by atoms with Gasteiger partial charge in [0, 0.05) is 69.6 Å². The van der Waals surface area contributed by atoms with Crippen molar-refractivity contribution in [2.75, 3.05) is 48.6 Å². The average Bonchev–Trinajstić information content (AvgIpc) is 3.36. The molecule has 0 radical (unpaired) electrons. The topological polar surface area (TPSA) is 127 Å². The van der Waals surface area contributed by atoms with E-state index in [2.05, 4.69) is 11.9 Å². The van der Waals surface area contributed by atoms with Gasteiger partial charge in [-0.3, -0.25) is 0 Å². The van der Waals surface area contributed by atoms with Gasteiger partial charge in [-0.1, -0.05) is 18.2 Å². The third-order valence-corrected chi connectivity index (χ3v) is 12.5. The highest BCUT2D eigenvalue weighted by Gasteiger charge is 2.90. The van der Waals surface area contributed by atoms with Crippen molar-refractivity contribution in [1.29, 1.82) is 0 Å². The van der Waals surface area contributed by atoms with E-state index in [0.717, 1.165) is 19.4 Å². The van der Waals surface area contributed by atoms with Gasteiger partial charge >= 0.3 is 5.97 Å². The summed E-state index contributed by atoms with van der Waals surface area (Å²) in [4.78, 5) is 15.8. The summed E-state index contributed by atoms with van der Waals surface area (Å²) in [5.41, 5.74) is -3.95. The zero-order valence-electron chi connectivity index (χ0n) is 24.4. The number of fused-ring (bicyclic) bond motifs is 2. The molecule has 1 saturated heterocycles. The number of ether oxygens (including phenoxy) is 5. The predicted molar refractivity (Wildman–Crippen MR) is 145 cm³/mol. The summed E-state index contributed by atoms with van der Waals surface area (Å²) in [6, 6.07) is 8.46. The van der Waals surface area contributed by atoms with Crippen molar-refractivity contribution >= 4 is 5.97 Å². The van der Waals surface area contributed by atoms with Crippen LogP contribution in [0.3, 0.4) is 0 Å². The summed E-state index contributed by atoms with van der Waals surface area (Å²) < 4.78 is 30.6. The molecule has 14 atom stereocenters. The lowest BCUT2D eigenvalue weighted by Gasteiger charge is -2.69. The van der Waals surface area contributed by atoms with Gasteiger partial charge in [0.15, 0.2) is 0 Å². The van der Waals surface area contributed by atoms with Crippen LogP contribution in [-0.2, 0) is 23.7 Å². The molecule has 7 bridgehead atoms. The Morgan fingerprint density at radius 3 is 2.39 bits per heavy atom. The Labute approximate surface area is 240 Å². The zero-order chi connectivity index (χ0) is 29.1. The van der Waals surface area contributed by atoms with Crippen LogP contribution >= 0.6 is 0 Å². The van der Waals surface area contributed by atoms with Crippen molar-refractivity contribution in [2.45, 2.75) is 67.0 Å². The third kappa shape index (κ3) is 3.08. The Morgan fingerprint density at radius 2 is 1.76 bits per heavy atom. The summed E-state index contributed by atoms with van der Waals surface area (Å²) in [6.45, 7) is 1.29. The van der Waals surface area contributed by atoms with E-state index >= 15 is 0 Å². The molecule has 6 aliphatic rings. The lowest BCUT2D eigenvalue weighted by atomic mass is 9.43. The maximum Gasteiger partial charge on any atom is 0.338 e. The number of carbonyl (C=O) groups is 1. The number of methoxy groups -OCH3 is 4. The lowest BCUT2D eigenvalue weighted by molar-refractivity contribution is -0.313. The van der Waals surface area contributed by atoms with Gasteiger partial charge in [0.1, 0.15) is 29.5 Å². The van der Waals surface area contributed by atoms with Gasteiger partial charge in [-0.05, 0) is 44.4 Å². The number of carbonyl (C=O) groups excluding carboxylic acids is 1. The molecule has 3 N–H and O–H groups in total. The van der Waals surface area contributed by atoms with Crippen molar-refractivity contribution in [2.24, 2.45) is 34.5 Å². The molecule has 6 fully saturated rings. The summed E-state index contributed by atoms with van der Waals surface area (Å²) in [5, 5.41) is 37.6. The highest BCUT2D eigenvalue weighted by molar-refractivity contribution is 5.89. The van der Waals surface area contributed by atoms with Crippen LogP contribution in [-0.4, -0.2) is 123 Å². The summed E-state index contributed by atoms with van der Waals surface area (Å²) in [5.74, 6) is -2.30. The fourth-order valence-electron chi connectivity index (χ4n) is 11.8. The second-order valence-electron chi connectivity index (χ2n) is 13.6. The number of piperidine rings is 1. The quantitative estimate of drug-likeness (QED) is 0.402. The minimum atomic E-state index is -1.76. The number of benzene rings is 1. The van der Waals surface area contributed by atoms with E-state index in [0.29, 0.717) is 12.2 Å². The van der Waals surface area contributed by atoms with Gasteiger partial charge in [-0.2, -0.15) is 0 Å². The predicted octanol–water partition coefficient (Wildman–Crippen LogP) is 0.716. The van der Waals surface area contributed by atoms with Crippen molar-refractivity contribution in [3.8, 4) is 0 Å². The largest absolute Gasteiger partial charge is 0.455 e. The second kappa shape index (κ2) is 9.19. The number of aliphatic hydroxyl groups excluding tert-OH is 1. The molecule has 226 valence electrons. The monoisotopic (exact) mass is 573 g/mol. The van der Waals surface area contributed by atoms with Crippen LogP contribution in [0.5, 0.6) is 0 Å². The molecule has 5 aliphatic carbocycles. The highest BCUT2D eigenvalue weighted by atomic mass is 16.6. The van der Waals surface area contributed by atoms with E-state index in [-0.39, 0.29) is 35.8 Å². The lowest BCUT2D eigenvalue weighted by Crippen LogP contribution is -2.79. The molecule has 1 heterocycles. The summed E-state index contributed by atoms with van der Waals surface area (Å²) in [6.07, 6.45) is -2.45. The van der Waals surface area contributed by atoms with Crippen molar-refractivity contribution < 1.29 is 43.8 Å². The molecule has 5 saturated carbocycles. The van der Waals surface area contributed by atoms with E-state index in [4.69, 9.17) is 23.7 Å². The number of hydrogen-bond donors (Lipinski definition) is 3. The number of rotatable bonds is 7. The first kappa shape index (κ1) is 28.2. The highest BCUT2D eigenvalue weighted by Crippen LogP contribution is 2.80. The zero-order valence-corrected chi connectivity index (χ0v) is 24.4. The Morgan fingerprint density at radius 1 is 1.02 bits per heavy atom. The minimum absolute atomic E-state index is 0.0644. The maximum absolute atomic E-state index is 13.5. The van der Waals surface area contributed by atoms with Crippen LogP contribution in [0.1, 0.15) is 29.6 Å². The van der Waals surface area contributed by atoms with Gasteiger partial charge in [0.25, 0.3) is 0 Å². The van der Waals surface area contributed by atoms with Gasteiger partial charge in [0.05, 0.1) is 24.4 Å². The number of likely N-dealkylation sites (tertiary alicyclic amines) is 1. The molecule has 0 aromatic heterocycles. The minimum Gasteiger partial charge on any atom is -0.455 e. The first-order valence-electron chi connectivity index (χ1n) is 14.8. The van der Waals surface area contributed by atoms with E-state index in [1.54, 1.807) is 45.6 Å². The van der Waals surface area contributed by atoms with E-state index in [1.807, 2.05) is 6.07 Å². The molecule has 1 aromatic rings. The van der Waals surface area contributed by atoms with Crippen molar-refractivity contribution in [3.05, 3.63) is 35.9 Å². The van der Waals surface area contributed by atoms with Crippen LogP contribution in [0.25, 0.3) is 0 Å². The third-order valence-electron chi connectivity index (χ3n) is 12.5. The molecule has 10 nitrogen and oxygen atoms in total. The Hall–Kier alpha value is -1.63. The molecule has 0 amide bonds. The molecule has 7 rings (SSSR count). The van der Waals surface area contributed by atoms with Gasteiger partial charge in [0.2, 0.25) is 0 Å². The van der Waals surface area contributed by atoms with Crippen LogP contribution in [0, 0.1) is 34.5 Å². The Balaban J connectivity index is 1.46. The number of nitrogens with zero attached hydrogens (tertiary/aromatic N) is 1. The van der Waals surface area contributed by atoms with Crippen LogP contribution < -0.4 is 0 Å². The molecule has 1 spiro atoms. The van der Waals surface area contributed by atoms with Crippen LogP contribution in [0.4, 0.5) is 0 Å². The van der Waals surface area contributed by atoms with Crippen LogP contribution in [0.2, 0.25) is 0 Å². The van der Waals surface area contributed by atoms with Gasteiger partial charge in [-0.15, -0.1) is 0 Å². The van der Waals surface area contributed by atoms with Gasteiger partial charge < -0.3 is 43.9 Å². The second-order valence-corrected chi connectivity index (χ2v) is 13.6. The van der Waals surface area contributed by atoms with Crippen molar-refractivity contribution in [3.63, 3.8) is 0 Å². The smallest absolute Gasteiger partial charge is 0.338 e. The molecular formula is C31H43NO9. The van der Waals surface area contributed by atoms with E-state index in [9.17, 15) is 20.1 Å². The molecule has 1 aliphatic heterocycles. The normalized spacial score (nSPS) is 52.9. The Bertz CT molecular complexity index is 1200. The fourth-order valence-corrected chi connectivity index (χ4v) is 11.8. The fraction of sp³-hybridized carbons (Fsp3) is 0.774. The molecule has 1 aromatic carbocycles. The standard InChI is InChI=1S/C31H43NO9/c1-32-14-28(15-37-2)12-11-18(38-3)30-17-13-29(35)25(41-27(34)16-9-7-6-8-10-16)19(17)31(36,24(33)26(29)40-5)20(23(30)32)21(39-4)22(28)30/h6-10,17-26,33,35-36H,11-15H2,1-5H3/t17-,18?,19+,20?,21?,22+,23?,24-,25+,26-,28-,29-,30?,31+/m0/s1. The Kier molecular flexibility index (Phi) is 6.31. The average molecular weight is 574 g/mol.